The van der Waals surface area contributed by atoms with Gasteiger partial charge in [-0.15, -0.1) is 0 Å². The Labute approximate surface area is 191 Å². The van der Waals surface area contributed by atoms with Gasteiger partial charge in [-0.2, -0.15) is 4.98 Å². The highest BCUT2D eigenvalue weighted by molar-refractivity contribution is 7.99. The van der Waals surface area contributed by atoms with Gasteiger partial charge in [0.15, 0.2) is 11.0 Å². The average molecular weight is 460 g/mol. The Morgan fingerprint density at radius 2 is 2.03 bits per heavy atom. The van der Waals surface area contributed by atoms with Gasteiger partial charge in [0.05, 0.1) is 25.1 Å². The Balaban J connectivity index is 1.54. The summed E-state index contributed by atoms with van der Waals surface area (Å²) >= 11 is 1.25. The van der Waals surface area contributed by atoms with E-state index < -0.39 is 0 Å². The second-order valence-corrected chi connectivity index (χ2v) is 9.03. The summed E-state index contributed by atoms with van der Waals surface area (Å²) in [5.74, 6) is 0.572. The third-order valence-electron chi connectivity index (χ3n) is 5.52. The monoisotopic (exact) mass is 459 g/mol. The molecule has 4 rings (SSSR count). The van der Waals surface area contributed by atoms with Crippen molar-refractivity contribution >= 4 is 29.2 Å². The zero-order valence-corrected chi connectivity index (χ0v) is 18.9. The molecule has 1 saturated carbocycles. The summed E-state index contributed by atoms with van der Waals surface area (Å²) in [6, 6.07) is 0.171. The van der Waals surface area contributed by atoms with Crippen LogP contribution < -0.4 is 26.4 Å². The summed E-state index contributed by atoms with van der Waals surface area (Å²) < 4.78 is 6.32. The number of ether oxygens (including phenoxy) is 1. The highest BCUT2D eigenvalue weighted by atomic mass is 32.2. The van der Waals surface area contributed by atoms with Gasteiger partial charge in [-0.25, -0.2) is 9.97 Å². The van der Waals surface area contributed by atoms with Crippen molar-refractivity contribution in [1.82, 2.24) is 24.8 Å². The van der Waals surface area contributed by atoms with Gasteiger partial charge < -0.3 is 31.3 Å². The van der Waals surface area contributed by atoms with Crippen LogP contribution in [0.5, 0.6) is 5.88 Å². The number of piperazine rings is 1. The van der Waals surface area contributed by atoms with Crippen LogP contribution in [0.25, 0.3) is 0 Å². The number of anilines is 2. The van der Waals surface area contributed by atoms with Crippen molar-refractivity contribution < 1.29 is 9.53 Å². The highest BCUT2D eigenvalue weighted by Gasteiger charge is 2.27. The summed E-state index contributed by atoms with van der Waals surface area (Å²) in [5, 5.41) is 3.65. The van der Waals surface area contributed by atoms with Crippen LogP contribution >= 0.6 is 11.8 Å². The number of aromatic nitrogens is 4. The summed E-state index contributed by atoms with van der Waals surface area (Å²) in [5.41, 5.74) is 12.3. The number of nitrogens with one attached hydrogen (secondary N) is 1. The Bertz CT molecular complexity index is 939. The fourth-order valence-electron chi connectivity index (χ4n) is 3.73. The van der Waals surface area contributed by atoms with E-state index in [4.69, 9.17) is 21.2 Å². The lowest BCUT2D eigenvalue weighted by atomic mass is 10.3. The van der Waals surface area contributed by atoms with Gasteiger partial charge in [0.2, 0.25) is 11.8 Å². The molecule has 1 saturated heterocycles. The molecule has 2 aromatic heterocycles. The molecule has 12 heteroatoms. The average Bonchev–Trinajstić information content (AvgIpc) is 3.19. The third kappa shape index (κ3) is 5.82. The molecular formula is C20H29N9O2S. The molecule has 2 fully saturated rings. The van der Waals surface area contributed by atoms with E-state index in [1.807, 2.05) is 6.20 Å². The van der Waals surface area contributed by atoms with Crippen molar-refractivity contribution in [3.63, 3.8) is 0 Å². The number of rotatable bonds is 7. The molecule has 2 unspecified atom stereocenters. The zero-order chi connectivity index (χ0) is 22.5. The summed E-state index contributed by atoms with van der Waals surface area (Å²) in [6.07, 6.45) is 7.63. The molecule has 0 bridgehead atoms. The minimum atomic E-state index is -0.334. The van der Waals surface area contributed by atoms with Crippen molar-refractivity contribution in [2.45, 2.75) is 41.6 Å². The second-order valence-electron chi connectivity index (χ2n) is 8.04. The molecule has 32 heavy (non-hydrogen) atoms. The molecule has 0 radical (unpaired) electrons. The van der Waals surface area contributed by atoms with E-state index in [2.05, 4.69) is 37.1 Å². The quantitative estimate of drug-likeness (QED) is 0.492. The van der Waals surface area contributed by atoms with Crippen LogP contribution in [0.15, 0.2) is 28.8 Å². The van der Waals surface area contributed by atoms with Gasteiger partial charge in [0, 0.05) is 32.2 Å². The van der Waals surface area contributed by atoms with Crippen molar-refractivity contribution in [2.75, 3.05) is 50.0 Å². The smallest absolute Gasteiger partial charge is 0.242 e. The lowest BCUT2D eigenvalue weighted by molar-refractivity contribution is -0.114. The number of hydrogen-bond donors (Lipinski definition) is 3. The van der Waals surface area contributed by atoms with E-state index in [1.54, 1.807) is 6.20 Å². The van der Waals surface area contributed by atoms with Gasteiger partial charge in [-0.3, -0.25) is 9.78 Å². The van der Waals surface area contributed by atoms with E-state index >= 15 is 0 Å². The molecule has 5 N–H and O–H groups in total. The molecular weight excluding hydrogens is 430 g/mol. The number of nitrogens with zero attached hydrogens (tertiary/aromatic N) is 6. The molecule has 2 aliphatic rings. The predicted octanol–water partition coefficient (Wildman–Crippen LogP) is 0.325. The van der Waals surface area contributed by atoms with Crippen molar-refractivity contribution in [2.24, 2.45) is 11.5 Å². The topological polar surface area (TPSA) is 148 Å². The van der Waals surface area contributed by atoms with Crippen LogP contribution in [0.4, 0.5) is 11.5 Å². The molecule has 0 spiro atoms. The van der Waals surface area contributed by atoms with Gasteiger partial charge in [-0.1, -0.05) is 0 Å². The first-order chi connectivity index (χ1) is 15.5. The summed E-state index contributed by atoms with van der Waals surface area (Å²) in [4.78, 5) is 33.9. The van der Waals surface area contributed by atoms with Gasteiger partial charge in [0.25, 0.3) is 0 Å². The largest absolute Gasteiger partial charge is 0.473 e. The molecule has 1 aliphatic carbocycles. The summed E-state index contributed by atoms with van der Waals surface area (Å²) in [6.45, 7) is 3.60. The van der Waals surface area contributed by atoms with Crippen molar-refractivity contribution in [3.8, 4) is 5.88 Å². The first-order valence-electron chi connectivity index (χ1n) is 10.7. The maximum Gasteiger partial charge on any atom is 0.242 e. The molecule has 0 aromatic carbocycles. The molecule has 1 aliphatic heterocycles. The van der Waals surface area contributed by atoms with E-state index in [0.29, 0.717) is 21.9 Å². The molecule has 2 aromatic rings. The molecule has 11 nitrogen and oxygen atoms in total. The standard InChI is InChI=1S/C20H29N9O2S/c1-28-4-6-29(7-5-28)15-10-24-20(27-19(15)31-14-3-2-13(22)8-14)32-18-12-23-11-16(26-18)25-17(30)9-21/h10-14H,2-9,21-22H2,1H3,(H,25,26,30). The van der Waals surface area contributed by atoms with E-state index in [9.17, 15) is 4.79 Å². The van der Waals surface area contributed by atoms with Crippen LogP contribution in [0.2, 0.25) is 0 Å². The summed E-state index contributed by atoms with van der Waals surface area (Å²) in [7, 11) is 2.12. The minimum absolute atomic E-state index is 0.0542. The first-order valence-corrected chi connectivity index (χ1v) is 11.5. The Kier molecular flexibility index (Phi) is 7.35. The van der Waals surface area contributed by atoms with Crippen LogP contribution in [-0.4, -0.2) is 82.7 Å². The normalized spacial score (nSPS) is 21.5. The van der Waals surface area contributed by atoms with Gasteiger partial charge in [-0.05, 0) is 38.1 Å². The van der Waals surface area contributed by atoms with Crippen LogP contribution in [0.1, 0.15) is 19.3 Å². The van der Waals surface area contributed by atoms with Crippen LogP contribution in [-0.2, 0) is 4.79 Å². The maximum atomic E-state index is 11.5. The number of carbonyl (C=O) groups excluding carboxylic acids is 1. The van der Waals surface area contributed by atoms with E-state index in [0.717, 1.165) is 51.1 Å². The fraction of sp³-hybridized carbons (Fsp3) is 0.550. The lowest BCUT2D eigenvalue weighted by Crippen LogP contribution is -2.44. The molecule has 3 heterocycles. The number of likely N-dealkylation sites (N-methyl/N-ethyl adjacent to an activating group) is 1. The molecule has 2 atom stereocenters. The number of amides is 1. The number of carbonyl (C=O) groups is 1. The Hall–Kier alpha value is -2.54. The van der Waals surface area contributed by atoms with Crippen molar-refractivity contribution in [1.29, 1.82) is 0 Å². The Morgan fingerprint density at radius 3 is 2.75 bits per heavy atom. The zero-order valence-electron chi connectivity index (χ0n) is 18.1. The number of nitrogens with two attached hydrogens (primary N) is 2. The van der Waals surface area contributed by atoms with Gasteiger partial charge >= 0.3 is 0 Å². The lowest BCUT2D eigenvalue weighted by Gasteiger charge is -2.34. The first kappa shape index (κ1) is 22.6. The van der Waals surface area contributed by atoms with E-state index in [1.165, 1.54) is 18.0 Å². The molecule has 172 valence electrons. The minimum Gasteiger partial charge on any atom is -0.473 e. The third-order valence-corrected chi connectivity index (χ3v) is 6.31. The second kappa shape index (κ2) is 10.4. The highest BCUT2D eigenvalue weighted by Crippen LogP contribution is 2.33. The van der Waals surface area contributed by atoms with Crippen LogP contribution in [0, 0.1) is 0 Å². The fourth-order valence-corrected chi connectivity index (χ4v) is 4.41. The SMILES string of the molecule is CN1CCN(c2cnc(Sc3cncc(NC(=O)CN)n3)nc2OC2CCC(N)C2)CC1. The van der Waals surface area contributed by atoms with Gasteiger partial charge in [0.1, 0.15) is 16.8 Å². The number of hydrogen-bond acceptors (Lipinski definition) is 11. The maximum absolute atomic E-state index is 11.5. The van der Waals surface area contributed by atoms with E-state index in [-0.39, 0.29) is 24.6 Å². The van der Waals surface area contributed by atoms with Crippen LogP contribution in [0.3, 0.4) is 0 Å². The predicted molar refractivity (Wildman–Crippen MR) is 122 cm³/mol. The molecule has 1 amide bonds. The van der Waals surface area contributed by atoms with Crippen molar-refractivity contribution in [3.05, 3.63) is 18.6 Å². The Morgan fingerprint density at radius 1 is 1.22 bits per heavy atom.